The van der Waals surface area contributed by atoms with Gasteiger partial charge in [-0.25, -0.2) is 0 Å². The second-order valence-electron chi connectivity index (χ2n) is 10.1. The third-order valence-corrected chi connectivity index (χ3v) is 6.64. The molecular formula is C28H47N11O4. The highest BCUT2D eigenvalue weighted by atomic mass is 16.2. The fraction of sp³-hybridized carbons (Fsp3) is 0.536. The zero-order valence-corrected chi connectivity index (χ0v) is 24.7. The van der Waals surface area contributed by atoms with Gasteiger partial charge in [0.25, 0.3) is 0 Å². The second-order valence-corrected chi connectivity index (χ2v) is 10.1. The van der Waals surface area contributed by atoms with E-state index >= 15 is 0 Å². The van der Waals surface area contributed by atoms with Crippen LogP contribution in [0, 0.1) is 0 Å². The number of anilines is 1. The Hall–Kier alpha value is -3.73. The summed E-state index contributed by atoms with van der Waals surface area (Å²) in [5.74, 6) is -1.32. The van der Waals surface area contributed by atoms with Crippen molar-refractivity contribution in [2.75, 3.05) is 83.9 Å². The standard InChI is InChI=1S/C28H47N11O4/c29-7-12-38(13-8-30)26(41)19-37(20-27(42)39(14-9-31)15-10-32)11-3-5-23(33)28(43)35-18-25(40)36-22-16-21-4-1-2-6-24(21)34-17-22/h1-2,4,6,16-17,23H,3,5,7-15,18-20,29-33H2,(H,35,43)(H,36,40). The molecule has 0 saturated carbocycles. The van der Waals surface area contributed by atoms with Crippen molar-refractivity contribution in [3.63, 3.8) is 0 Å². The first-order valence-electron chi connectivity index (χ1n) is 14.5. The van der Waals surface area contributed by atoms with Gasteiger partial charge in [0, 0.05) is 57.7 Å². The third-order valence-electron chi connectivity index (χ3n) is 6.64. The largest absolute Gasteiger partial charge is 0.346 e. The Kier molecular flexibility index (Phi) is 16.0. The Balaban J connectivity index is 1.90. The molecule has 4 amide bonds. The van der Waals surface area contributed by atoms with E-state index in [4.69, 9.17) is 28.7 Å². The summed E-state index contributed by atoms with van der Waals surface area (Å²) in [4.78, 5) is 60.0. The van der Waals surface area contributed by atoms with Crippen LogP contribution in [0.1, 0.15) is 12.8 Å². The minimum absolute atomic E-state index is 0.0317. The first-order chi connectivity index (χ1) is 20.7. The van der Waals surface area contributed by atoms with Gasteiger partial charge in [-0.2, -0.15) is 0 Å². The van der Waals surface area contributed by atoms with E-state index in [-0.39, 0.29) is 64.0 Å². The average Bonchev–Trinajstić information content (AvgIpc) is 2.99. The predicted molar refractivity (Wildman–Crippen MR) is 166 cm³/mol. The fourth-order valence-electron chi connectivity index (χ4n) is 4.45. The van der Waals surface area contributed by atoms with E-state index in [2.05, 4.69) is 15.6 Å². The number of nitrogens with two attached hydrogens (primary N) is 5. The summed E-state index contributed by atoms with van der Waals surface area (Å²) in [6.07, 6.45) is 2.24. The Morgan fingerprint density at radius 2 is 1.37 bits per heavy atom. The summed E-state index contributed by atoms with van der Waals surface area (Å²) < 4.78 is 0. The fourth-order valence-corrected chi connectivity index (χ4v) is 4.45. The van der Waals surface area contributed by atoms with Crippen LogP contribution in [-0.4, -0.2) is 128 Å². The minimum atomic E-state index is -0.889. The zero-order chi connectivity index (χ0) is 31.6. The molecule has 0 radical (unpaired) electrons. The predicted octanol–water partition coefficient (Wildman–Crippen LogP) is -2.81. The molecule has 0 saturated heterocycles. The maximum absolute atomic E-state index is 13.0. The van der Waals surface area contributed by atoms with Gasteiger partial charge in [0.2, 0.25) is 23.6 Å². The van der Waals surface area contributed by atoms with Gasteiger partial charge in [0.15, 0.2) is 0 Å². The first-order valence-corrected chi connectivity index (χ1v) is 14.5. The smallest absolute Gasteiger partial charge is 0.243 e. The Bertz CT molecular complexity index is 1140. The molecule has 1 heterocycles. The van der Waals surface area contributed by atoms with Gasteiger partial charge in [-0.1, -0.05) is 18.2 Å². The molecule has 2 aromatic rings. The first kappa shape index (κ1) is 35.5. The van der Waals surface area contributed by atoms with E-state index in [0.717, 1.165) is 10.9 Å². The van der Waals surface area contributed by atoms with Gasteiger partial charge in [0.05, 0.1) is 43.1 Å². The lowest BCUT2D eigenvalue weighted by molar-refractivity contribution is -0.135. The Morgan fingerprint density at radius 3 is 1.93 bits per heavy atom. The number of nitrogens with one attached hydrogen (secondary N) is 2. The highest BCUT2D eigenvalue weighted by molar-refractivity contribution is 5.96. The summed E-state index contributed by atoms with van der Waals surface area (Å²) in [6, 6.07) is 8.42. The van der Waals surface area contributed by atoms with Crippen LogP contribution in [0.25, 0.3) is 10.9 Å². The molecule has 1 atom stereocenters. The SMILES string of the molecule is NCCN(CCN)C(=O)CN(CCCC(N)C(=O)NCC(=O)Nc1cnc2ccccc2c1)CC(=O)N(CCN)CCN. The second kappa shape index (κ2) is 19.5. The molecule has 2 rings (SSSR count). The van der Waals surface area contributed by atoms with Crippen molar-refractivity contribution in [1.29, 1.82) is 0 Å². The molecule has 1 unspecified atom stereocenters. The van der Waals surface area contributed by atoms with E-state index in [1.54, 1.807) is 27.0 Å². The monoisotopic (exact) mass is 601 g/mol. The van der Waals surface area contributed by atoms with Crippen molar-refractivity contribution in [2.24, 2.45) is 28.7 Å². The maximum atomic E-state index is 13.0. The number of pyridine rings is 1. The van der Waals surface area contributed by atoms with Crippen molar-refractivity contribution in [2.45, 2.75) is 18.9 Å². The maximum Gasteiger partial charge on any atom is 0.243 e. The van der Waals surface area contributed by atoms with E-state index in [0.29, 0.717) is 44.8 Å². The number of amides is 4. The quantitative estimate of drug-likeness (QED) is 0.0816. The van der Waals surface area contributed by atoms with Crippen LogP contribution in [0.3, 0.4) is 0 Å². The summed E-state index contributed by atoms with van der Waals surface area (Å²) >= 11 is 0. The lowest BCUT2D eigenvalue weighted by Crippen LogP contribution is -2.49. The van der Waals surface area contributed by atoms with E-state index in [1.807, 2.05) is 24.3 Å². The number of rotatable bonds is 20. The summed E-state index contributed by atoms with van der Waals surface area (Å²) in [5, 5.41) is 6.14. The molecule has 12 N–H and O–H groups in total. The molecule has 0 spiro atoms. The highest BCUT2D eigenvalue weighted by Gasteiger charge is 2.22. The van der Waals surface area contributed by atoms with Crippen LogP contribution in [0.5, 0.6) is 0 Å². The molecule has 15 heteroatoms. The summed E-state index contributed by atoms with van der Waals surface area (Å²) in [7, 11) is 0. The highest BCUT2D eigenvalue weighted by Crippen LogP contribution is 2.15. The third kappa shape index (κ3) is 12.6. The number of hydrogen-bond donors (Lipinski definition) is 7. The van der Waals surface area contributed by atoms with Crippen LogP contribution in [0.2, 0.25) is 0 Å². The number of benzene rings is 1. The van der Waals surface area contributed by atoms with Crippen LogP contribution < -0.4 is 39.3 Å². The zero-order valence-electron chi connectivity index (χ0n) is 24.7. The van der Waals surface area contributed by atoms with E-state index in [9.17, 15) is 19.2 Å². The van der Waals surface area contributed by atoms with Crippen molar-refractivity contribution in [1.82, 2.24) is 25.0 Å². The number of hydrogen-bond acceptors (Lipinski definition) is 11. The molecule has 15 nitrogen and oxygen atoms in total. The van der Waals surface area contributed by atoms with Gasteiger partial charge >= 0.3 is 0 Å². The van der Waals surface area contributed by atoms with Gasteiger partial charge in [-0.3, -0.25) is 29.1 Å². The molecule has 0 fully saturated rings. The number of para-hydroxylation sites is 1. The van der Waals surface area contributed by atoms with Crippen LogP contribution >= 0.6 is 0 Å². The van der Waals surface area contributed by atoms with Gasteiger partial charge < -0.3 is 49.1 Å². The topological polar surface area (TPSA) is 245 Å². The van der Waals surface area contributed by atoms with Crippen LogP contribution in [-0.2, 0) is 19.2 Å². The number of nitrogens with zero attached hydrogens (tertiary/aromatic N) is 4. The lowest BCUT2D eigenvalue weighted by Gasteiger charge is -2.29. The normalized spacial score (nSPS) is 11.8. The molecule has 0 aliphatic rings. The Labute approximate surface area is 252 Å². The summed E-state index contributed by atoms with van der Waals surface area (Å²) in [5.41, 5.74) is 30.0. The molecule has 43 heavy (non-hydrogen) atoms. The van der Waals surface area contributed by atoms with Gasteiger partial charge in [0.1, 0.15) is 0 Å². The van der Waals surface area contributed by atoms with Crippen LogP contribution in [0.15, 0.2) is 36.5 Å². The van der Waals surface area contributed by atoms with Crippen molar-refractivity contribution in [3.05, 3.63) is 36.5 Å². The van der Waals surface area contributed by atoms with Crippen molar-refractivity contribution in [3.8, 4) is 0 Å². The van der Waals surface area contributed by atoms with E-state index in [1.165, 1.54) is 0 Å². The van der Waals surface area contributed by atoms with Gasteiger partial charge in [-0.05, 0) is 31.5 Å². The number of fused-ring (bicyclic) bond motifs is 1. The molecule has 1 aromatic carbocycles. The molecule has 1 aromatic heterocycles. The molecular weight excluding hydrogens is 554 g/mol. The van der Waals surface area contributed by atoms with Crippen LogP contribution in [0.4, 0.5) is 5.69 Å². The summed E-state index contributed by atoms with van der Waals surface area (Å²) in [6.45, 7) is 2.53. The molecule has 238 valence electrons. The number of aromatic nitrogens is 1. The molecule has 0 bridgehead atoms. The van der Waals surface area contributed by atoms with E-state index < -0.39 is 17.9 Å². The lowest BCUT2D eigenvalue weighted by atomic mass is 10.1. The average molecular weight is 602 g/mol. The number of carbonyl (C=O) groups is 4. The molecule has 0 aliphatic carbocycles. The minimum Gasteiger partial charge on any atom is -0.346 e. The number of carbonyl (C=O) groups excluding carboxylic acids is 4. The van der Waals surface area contributed by atoms with Crippen molar-refractivity contribution >= 4 is 40.2 Å². The molecule has 0 aliphatic heterocycles. The Morgan fingerprint density at radius 1 is 0.814 bits per heavy atom. The van der Waals surface area contributed by atoms with Gasteiger partial charge in [-0.15, -0.1) is 0 Å². The van der Waals surface area contributed by atoms with Crippen molar-refractivity contribution < 1.29 is 19.2 Å².